The highest BCUT2D eigenvalue weighted by atomic mass is 16.3. The number of likely N-dealkylation sites (tertiary alicyclic amines) is 1. The summed E-state index contributed by atoms with van der Waals surface area (Å²) >= 11 is 0. The van der Waals surface area contributed by atoms with E-state index in [-0.39, 0.29) is 18.2 Å². The maximum absolute atomic E-state index is 13.1. The maximum Gasteiger partial charge on any atom is 0.255 e. The number of nitrogens with one attached hydrogen (secondary N) is 1. The van der Waals surface area contributed by atoms with Crippen LogP contribution in [0.25, 0.3) is 0 Å². The molecule has 2 aromatic carbocycles. The van der Waals surface area contributed by atoms with Gasteiger partial charge in [0, 0.05) is 75.3 Å². The van der Waals surface area contributed by atoms with E-state index in [1.165, 1.54) is 16.8 Å². The molecule has 3 fully saturated rings. The summed E-state index contributed by atoms with van der Waals surface area (Å²) in [5, 5.41) is 14.0. The van der Waals surface area contributed by atoms with Gasteiger partial charge in [0.15, 0.2) is 0 Å². The number of anilines is 1. The molecule has 3 amide bonds. The molecule has 7 rings (SSSR count). The summed E-state index contributed by atoms with van der Waals surface area (Å²) in [6, 6.07) is 13.9. The summed E-state index contributed by atoms with van der Waals surface area (Å²) in [5.41, 5.74) is 5.03. The standard InChI is InChI=1S/C37H44N6O4/c1-24(2)34-38-20-28(21-39-34)26-11-15-42(16-12-26)30-6-3-25(4-7-30)22-41-17-13-37(47,14-18-41)29-5-8-31-27(19-29)23-43(36(31)46)32-9-10-33(44)40-35(32)45/h3-8,19-21,24,26,32,47H,9-18,22-23H2,1-2H3,(H,40,44,45). The number of hydrogen-bond acceptors (Lipinski definition) is 8. The number of amides is 3. The van der Waals surface area contributed by atoms with Crippen LogP contribution in [0, 0.1) is 0 Å². The zero-order chi connectivity index (χ0) is 32.7. The maximum atomic E-state index is 13.1. The van der Waals surface area contributed by atoms with E-state index in [1.807, 2.05) is 24.5 Å². The van der Waals surface area contributed by atoms with Gasteiger partial charge < -0.3 is 14.9 Å². The van der Waals surface area contributed by atoms with Crippen LogP contribution in [-0.4, -0.2) is 74.8 Å². The first-order valence-electron chi connectivity index (χ1n) is 17.1. The molecule has 3 aromatic rings. The van der Waals surface area contributed by atoms with Gasteiger partial charge in [0.1, 0.15) is 11.9 Å². The molecule has 3 saturated heterocycles. The van der Waals surface area contributed by atoms with Gasteiger partial charge in [-0.2, -0.15) is 0 Å². The van der Waals surface area contributed by atoms with Gasteiger partial charge in [-0.3, -0.25) is 24.6 Å². The van der Waals surface area contributed by atoms with Gasteiger partial charge >= 0.3 is 0 Å². The van der Waals surface area contributed by atoms with Crippen molar-refractivity contribution in [3.8, 4) is 0 Å². The quantitative estimate of drug-likeness (QED) is 0.370. The Morgan fingerprint density at radius 2 is 1.64 bits per heavy atom. The predicted molar refractivity (Wildman–Crippen MR) is 178 cm³/mol. The lowest BCUT2D eigenvalue weighted by atomic mass is 9.83. The Bertz CT molecular complexity index is 1640. The number of fused-ring (bicyclic) bond motifs is 1. The monoisotopic (exact) mass is 636 g/mol. The minimum atomic E-state index is -0.963. The smallest absolute Gasteiger partial charge is 0.255 e. The van der Waals surface area contributed by atoms with Gasteiger partial charge in [-0.25, -0.2) is 9.97 Å². The average Bonchev–Trinajstić information content (AvgIpc) is 3.41. The molecule has 0 bridgehead atoms. The second-order valence-corrected chi connectivity index (χ2v) is 14.0. The molecular formula is C37H44N6O4. The molecule has 47 heavy (non-hydrogen) atoms. The first kappa shape index (κ1) is 31.4. The fourth-order valence-corrected chi connectivity index (χ4v) is 7.63. The van der Waals surface area contributed by atoms with Crippen molar-refractivity contribution in [3.63, 3.8) is 0 Å². The van der Waals surface area contributed by atoms with Gasteiger partial charge in [-0.1, -0.05) is 38.1 Å². The first-order valence-corrected chi connectivity index (χ1v) is 17.1. The van der Waals surface area contributed by atoms with Crippen molar-refractivity contribution in [1.29, 1.82) is 0 Å². The molecule has 5 heterocycles. The Balaban J connectivity index is 0.908. The molecule has 10 heteroatoms. The minimum absolute atomic E-state index is 0.194. The molecule has 0 saturated carbocycles. The number of imide groups is 1. The molecule has 4 aliphatic rings. The average molecular weight is 637 g/mol. The lowest BCUT2D eigenvalue weighted by Crippen LogP contribution is -2.52. The Hall–Kier alpha value is -4.15. The van der Waals surface area contributed by atoms with E-state index in [0.717, 1.165) is 62.5 Å². The second kappa shape index (κ2) is 12.8. The van der Waals surface area contributed by atoms with Crippen molar-refractivity contribution in [2.45, 2.75) is 88.9 Å². The van der Waals surface area contributed by atoms with Crippen molar-refractivity contribution in [1.82, 2.24) is 25.1 Å². The number of carbonyl (C=O) groups excluding carboxylic acids is 3. The van der Waals surface area contributed by atoms with Gasteiger partial charge in [-0.15, -0.1) is 0 Å². The van der Waals surface area contributed by atoms with E-state index in [4.69, 9.17) is 0 Å². The highest BCUT2D eigenvalue weighted by molar-refractivity contribution is 6.05. The molecular weight excluding hydrogens is 592 g/mol. The molecule has 0 spiro atoms. The van der Waals surface area contributed by atoms with E-state index in [9.17, 15) is 19.5 Å². The van der Waals surface area contributed by atoms with Gasteiger partial charge in [0.2, 0.25) is 11.8 Å². The van der Waals surface area contributed by atoms with Crippen LogP contribution >= 0.6 is 0 Å². The lowest BCUT2D eigenvalue weighted by molar-refractivity contribution is -0.136. The van der Waals surface area contributed by atoms with Crippen molar-refractivity contribution in [2.75, 3.05) is 31.1 Å². The van der Waals surface area contributed by atoms with Gasteiger partial charge in [0.05, 0.1) is 5.60 Å². The number of benzene rings is 2. The topological polar surface area (TPSA) is 119 Å². The van der Waals surface area contributed by atoms with Crippen LogP contribution in [0.4, 0.5) is 5.69 Å². The third-order valence-corrected chi connectivity index (χ3v) is 10.6. The Labute approximate surface area is 276 Å². The minimum Gasteiger partial charge on any atom is -0.385 e. The third kappa shape index (κ3) is 6.41. The van der Waals surface area contributed by atoms with Crippen LogP contribution in [0.1, 0.15) is 103 Å². The van der Waals surface area contributed by atoms with Crippen molar-refractivity contribution in [2.24, 2.45) is 0 Å². The number of nitrogens with zero attached hydrogens (tertiary/aromatic N) is 5. The zero-order valence-corrected chi connectivity index (χ0v) is 27.3. The van der Waals surface area contributed by atoms with Crippen molar-refractivity contribution in [3.05, 3.63) is 88.5 Å². The van der Waals surface area contributed by atoms with E-state index in [2.05, 4.69) is 63.2 Å². The summed E-state index contributed by atoms with van der Waals surface area (Å²) in [6.07, 6.45) is 8.01. The molecule has 10 nitrogen and oxygen atoms in total. The van der Waals surface area contributed by atoms with Crippen LogP contribution in [0.3, 0.4) is 0 Å². The fourth-order valence-electron chi connectivity index (χ4n) is 7.63. The SMILES string of the molecule is CC(C)c1ncc(C2CCN(c3ccc(CN4CCC(O)(c5ccc6c(c5)CN(C5CCC(=O)NC5=O)C6=O)CC4)cc3)CC2)cn1. The summed E-state index contributed by atoms with van der Waals surface area (Å²) in [5.74, 6) is 0.861. The third-order valence-electron chi connectivity index (χ3n) is 10.6. The second-order valence-electron chi connectivity index (χ2n) is 14.0. The molecule has 0 aliphatic carbocycles. The van der Waals surface area contributed by atoms with Crippen LogP contribution in [0.15, 0.2) is 54.9 Å². The van der Waals surface area contributed by atoms with Crippen molar-refractivity contribution < 1.29 is 19.5 Å². The van der Waals surface area contributed by atoms with Crippen LogP contribution < -0.4 is 10.2 Å². The van der Waals surface area contributed by atoms with E-state index < -0.39 is 17.6 Å². The summed E-state index contributed by atoms with van der Waals surface area (Å²) < 4.78 is 0. The summed E-state index contributed by atoms with van der Waals surface area (Å²) in [7, 11) is 0. The van der Waals surface area contributed by atoms with Crippen LogP contribution in [0.5, 0.6) is 0 Å². The fraction of sp³-hybridized carbons (Fsp3) is 0.486. The highest BCUT2D eigenvalue weighted by Crippen LogP contribution is 2.37. The highest BCUT2D eigenvalue weighted by Gasteiger charge is 2.41. The molecule has 4 aliphatic heterocycles. The molecule has 2 N–H and O–H groups in total. The number of rotatable bonds is 7. The van der Waals surface area contributed by atoms with Gasteiger partial charge in [-0.05, 0) is 78.5 Å². The number of aliphatic hydroxyl groups is 1. The first-order chi connectivity index (χ1) is 22.7. The van der Waals surface area contributed by atoms with E-state index in [0.29, 0.717) is 43.2 Å². The molecule has 246 valence electrons. The number of hydrogen-bond donors (Lipinski definition) is 2. The number of carbonyl (C=O) groups is 3. The molecule has 0 radical (unpaired) electrons. The van der Waals surface area contributed by atoms with E-state index in [1.54, 1.807) is 11.0 Å². The van der Waals surface area contributed by atoms with Gasteiger partial charge in [0.25, 0.3) is 5.91 Å². The predicted octanol–water partition coefficient (Wildman–Crippen LogP) is 4.23. The number of aromatic nitrogens is 2. The molecule has 1 aromatic heterocycles. The Morgan fingerprint density at radius 1 is 0.936 bits per heavy atom. The normalized spacial score (nSPS) is 22.1. The summed E-state index contributed by atoms with van der Waals surface area (Å²) in [4.78, 5) is 52.6. The van der Waals surface area contributed by atoms with Crippen molar-refractivity contribution >= 4 is 23.4 Å². The van der Waals surface area contributed by atoms with E-state index >= 15 is 0 Å². The lowest BCUT2D eigenvalue weighted by Gasteiger charge is -2.39. The summed E-state index contributed by atoms with van der Waals surface area (Å²) in [6.45, 7) is 8.97. The molecule has 1 atom stereocenters. The largest absolute Gasteiger partial charge is 0.385 e. The number of piperidine rings is 3. The Kier molecular flexibility index (Phi) is 8.57. The molecule has 1 unspecified atom stereocenters. The zero-order valence-electron chi connectivity index (χ0n) is 27.3. The van der Waals surface area contributed by atoms with Crippen LogP contribution in [-0.2, 0) is 28.3 Å². The Morgan fingerprint density at radius 3 is 2.30 bits per heavy atom. The van der Waals surface area contributed by atoms with Crippen LogP contribution in [0.2, 0.25) is 0 Å².